The molecule has 1 aromatic carbocycles. The highest BCUT2D eigenvalue weighted by atomic mass is 35.7. The quantitative estimate of drug-likeness (QED) is 0.746. The molecule has 1 fully saturated rings. The Balaban J connectivity index is 2.22. The van der Waals surface area contributed by atoms with Crippen molar-refractivity contribution in [2.75, 3.05) is 26.2 Å². The van der Waals surface area contributed by atoms with Gasteiger partial charge in [0.1, 0.15) is 0 Å². The second kappa shape index (κ2) is 6.44. The topological polar surface area (TPSA) is 74.8 Å². The maximum Gasteiger partial charge on any atom is 0.261 e. The second-order valence-electron chi connectivity index (χ2n) is 4.88. The molecule has 2 rings (SSSR count). The van der Waals surface area contributed by atoms with E-state index in [2.05, 4.69) is 0 Å². The van der Waals surface area contributed by atoms with Gasteiger partial charge in [0.15, 0.2) is 0 Å². The summed E-state index contributed by atoms with van der Waals surface area (Å²) in [5.41, 5.74) is 0.0830. The van der Waals surface area contributed by atoms with Gasteiger partial charge in [-0.3, -0.25) is 9.59 Å². The Morgan fingerprint density at radius 1 is 1.09 bits per heavy atom. The van der Waals surface area contributed by atoms with Gasteiger partial charge in [0.05, 0.1) is 15.5 Å². The molecule has 0 aromatic heterocycles. The number of hydrogen-bond acceptors (Lipinski definition) is 4. The van der Waals surface area contributed by atoms with Crippen molar-refractivity contribution in [2.24, 2.45) is 0 Å². The molecule has 0 saturated carbocycles. The van der Waals surface area contributed by atoms with Crippen LogP contribution in [0.3, 0.4) is 0 Å². The molecule has 0 radical (unpaired) electrons. The summed E-state index contributed by atoms with van der Waals surface area (Å²) in [7, 11) is 1.35. The number of rotatable bonds is 2. The van der Waals surface area contributed by atoms with Crippen LogP contribution in [0.2, 0.25) is 5.02 Å². The minimum Gasteiger partial charge on any atom is -0.339 e. The lowest BCUT2D eigenvalue weighted by molar-refractivity contribution is -0.130. The van der Waals surface area contributed by atoms with E-state index in [0.717, 1.165) is 0 Å². The van der Waals surface area contributed by atoms with Gasteiger partial charge in [-0.1, -0.05) is 11.6 Å². The van der Waals surface area contributed by atoms with Crippen LogP contribution in [0.15, 0.2) is 23.1 Å². The summed E-state index contributed by atoms with van der Waals surface area (Å²) in [6, 6.07) is 3.75. The minimum absolute atomic E-state index is 0.0413. The van der Waals surface area contributed by atoms with Crippen LogP contribution in [0, 0.1) is 0 Å². The van der Waals surface area contributed by atoms with E-state index in [1.807, 2.05) is 0 Å². The molecule has 0 atom stereocenters. The fourth-order valence-corrected chi connectivity index (χ4v) is 3.19. The zero-order valence-corrected chi connectivity index (χ0v) is 14.1. The predicted octanol–water partition coefficient (Wildman–Crippen LogP) is 1.57. The van der Waals surface area contributed by atoms with Gasteiger partial charge in [-0.15, -0.1) is 0 Å². The van der Waals surface area contributed by atoms with Crippen LogP contribution >= 0.6 is 22.3 Å². The Kier molecular flexibility index (Phi) is 4.99. The summed E-state index contributed by atoms with van der Waals surface area (Å²) in [6.07, 6.45) is 0. The van der Waals surface area contributed by atoms with Crippen LogP contribution in [-0.4, -0.2) is 56.2 Å². The standard InChI is InChI=1S/C13H14Cl2N2O4S/c1-9(18)16-4-6-17(7-5-16)13(19)11-8-10(22(15,20)21)2-3-12(11)14/h2-3,8H,4-7H2,1H3. The summed E-state index contributed by atoms with van der Waals surface area (Å²) >= 11 is 5.99. The number of amides is 2. The molecule has 1 saturated heterocycles. The normalized spacial score (nSPS) is 15.8. The molecule has 0 aliphatic carbocycles. The summed E-state index contributed by atoms with van der Waals surface area (Å²) in [5.74, 6) is -0.421. The lowest BCUT2D eigenvalue weighted by Gasteiger charge is -2.34. The van der Waals surface area contributed by atoms with Crippen LogP contribution < -0.4 is 0 Å². The molecule has 0 N–H and O–H groups in total. The Bertz CT molecular complexity index is 713. The van der Waals surface area contributed by atoms with E-state index in [0.29, 0.717) is 26.2 Å². The van der Waals surface area contributed by atoms with Gasteiger partial charge in [-0.25, -0.2) is 8.42 Å². The monoisotopic (exact) mass is 364 g/mol. The summed E-state index contributed by atoms with van der Waals surface area (Å²) in [4.78, 5) is 26.8. The van der Waals surface area contributed by atoms with Crippen molar-refractivity contribution in [1.29, 1.82) is 0 Å². The third kappa shape index (κ3) is 3.71. The first-order valence-corrected chi connectivity index (χ1v) is 9.18. The molecule has 6 nitrogen and oxygen atoms in total. The van der Waals surface area contributed by atoms with Gasteiger partial charge in [-0.05, 0) is 18.2 Å². The predicted molar refractivity (Wildman–Crippen MR) is 82.6 cm³/mol. The molecule has 22 heavy (non-hydrogen) atoms. The summed E-state index contributed by atoms with van der Waals surface area (Å²) < 4.78 is 22.7. The highest BCUT2D eigenvalue weighted by Crippen LogP contribution is 2.24. The zero-order valence-electron chi connectivity index (χ0n) is 11.8. The molecular formula is C13H14Cl2N2O4S. The smallest absolute Gasteiger partial charge is 0.261 e. The lowest BCUT2D eigenvalue weighted by atomic mass is 10.1. The fraction of sp³-hybridized carbons (Fsp3) is 0.385. The molecule has 0 spiro atoms. The second-order valence-corrected chi connectivity index (χ2v) is 7.85. The van der Waals surface area contributed by atoms with E-state index in [-0.39, 0.29) is 27.3 Å². The minimum atomic E-state index is -3.94. The first kappa shape index (κ1) is 17.1. The van der Waals surface area contributed by atoms with Crippen molar-refractivity contribution in [2.45, 2.75) is 11.8 Å². The third-order valence-corrected chi connectivity index (χ3v) is 5.14. The van der Waals surface area contributed by atoms with Crippen LogP contribution in [0.1, 0.15) is 17.3 Å². The van der Waals surface area contributed by atoms with Gasteiger partial charge in [0, 0.05) is 43.8 Å². The first-order chi connectivity index (χ1) is 10.2. The van der Waals surface area contributed by atoms with Gasteiger partial charge in [0.25, 0.3) is 15.0 Å². The van der Waals surface area contributed by atoms with Crippen molar-refractivity contribution < 1.29 is 18.0 Å². The van der Waals surface area contributed by atoms with Crippen molar-refractivity contribution in [3.63, 3.8) is 0 Å². The number of nitrogens with zero attached hydrogens (tertiary/aromatic N) is 2. The number of halogens is 2. The van der Waals surface area contributed by atoms with Crippen molar-refractivity contribution >= 4 is 43.1 Å². The van der Waals surface area contributed by atoms with Crippen LogP contribution in [0.25, 0.3) is 0 Å². The van der Waals surface area contributed by atoms with E-state index in [9.17, 15) is 18.0 Å². The van der Waals surface area contributed by atoms with Gasteiger partial charge in [0.2, 0.25) is 5.91 Å². The number of hydrogen-bond donors (Lipinski definition) is 0. The van der Waals surface area contributed by atoms with E-state index in [1.165, 1.54) is 30.0 Å². The van der Waals surface area contributed by atoms with E-state index in [4.69, 9.17) is 22.3 Å². The van der Waals surface area contributed by atoms with E-state index >= 15 is 0 Å². The average molecular weight is 365 g/mol. The highest BCUT2D eigenvalue weighted by molar-refractivity contribution is 8.13. The Morgan fingerprint density at radius 3 is 2.14 bits per heavy atom. The molecule has 0 unspecified atom stereocenters. The highest BCUT2D eigenvalue weighted by Gasteiger charge is 2.25. The molecule has 1 heterocycles. The number of carbonyl (C=O) groups excluding carboxylic acids is 2. The maximum absolute atomic E-state index is 12.5. The Hall–Kier alpha value is -1.31. The SMILES string of the molecule is CC(=O)N1CCN(C(=O)c2cc(S(=O)(=O)Cl)ccc2Cl)CC1. The molecule has 120 valence electrons. The summed E-state index contributed by atoms with van der Waals surface area (Å²) in [5, 5.41) is 0.156. The van der Waals surface area contributed by atoms with E-state index in [1.54, 1.807) is 4.90 Å². The molecule has 2 amide bonds. The Morgan fingerprint density at radius 2 is 1.64 bits per heavy atom. The number of piperazine rings is 1. The van der Waals surface area contributed by atoms with Crippen molar-refractivity contribution in [3.05, 3.63) is 28.8 Å². The molecule has 1 aliphatic heterocycles. The van der Waals surface area contributed by atoms with Gasteiger partial charge >= 0.3 is 0 Å². The molecule has 1 aromatic rings. The van der Waals surface area contributed by atoms with Gasteiger partial charge in [-0.2, -0.15) is 0 Å². The molecule has 1 aliphatic rings. The number of benzene rings is 1. The maximum atomic E-state index is 12.5. The first-order valence-electron chi connectivity index (χ1n) is 6.49. The van der Waals surface area contributed by atoms with E-state index < -0.39 is 9.05 Å². The molecule has 9 heteroatoms. The van der Waals surface area contributed by atoms with Crippen molar-refractivity contribution in [3.8, 4) is 0 Å². The third-order valence-electron chi connectivity index (χ3n) is 3.46. The zero-order chi connectivity index (χ0) is 16.5. The fourth-order valence-electron chi connectivity index (χ4n) is 2.21. The average Bonchev–Trinajstić information content (AvgIpc) is 2.46. The van der Waals surface area contributed by atoms with Crippen LogP contribution in [0.4, 0.5) is 0 Å². The van der Waals surface area contributed by atoms with Gasteiger partial charge < -0.3 is 9.80 Å². The lowest BCUT2D eigenvalue weighted by Crippen LogP contribution is -2.50. The molecular weight excluding hydrogens is 351 g/mol. The van der Waals surface area contributed by atoms with Crippen molar-refractivity contribution in [1.82, 2.24) is 9.80 Å². The molecule has 0 bridgehead atoms. The summed E-state index contributed by atoms with van der Waals surface area (Å²) in [6.45, 7) is 3.08. The Labute approximate surface area is 138 Å². The largest absolute Gasteiger partial charge is 0.339 e. The number of carbonyl (C=O) groups is 2. The van der Waals surface area contributed by atoms with Crippen LogP contribution in [-0.2, 0) is 13.8 Å². The van der Waals surface area contributed by atoms with Crippen LogP contribution in [0.5, 0.6) is 0 Å².